The molecule has 2 heterocycles. The maximum atomic E-state index is 5.76. The first-order valence-electron chi connectivity index (χ1n) is 6.12. The fourth-order valence-corrected chi connectivity index (χ4v) is 3.48. The summed E-state index contributed by atoms with van der Waals surface area (Å²) >= 11 is 1.93. The Labute approximate surface area is 111 Å². The van der Waals surface area contributed by atoms with E-state index in [2.05, 4.69) is 34.3 Å². The lowest BCUT2D eigenvalue weighted by Gasteiger charge is -2.07. The third-order valence-corrected chi connectivity index (χ3v) is 4.37. The van der Waals surface area contributed by atoms with Gasteiger partial charge in [0.1, 0.15) is 6.33 Å². The van der Waals surface area contributed by atoms with Crippen LogP contribution in [0.4, 0.5) is 0 Å². The van der Waals surface area contributed by atoms with Crippen LogP contribution in [-0.4, -0.2) is 20.0 Å². The Morgan fingerprint density at radius 3 is 3.06 bits per heavy atom. The molecule has 1 aromatic heterocycles. The van der Waals surface area contributed by atoms with Gasteiger partial charge in [-0.3, -0.25) is 4.68 Å². The van der Waals surface area contributed by atoms with Gasteiger partial charge in [0.2, 0.25) is 0 Å². The fraction of sp³-hybridized carbons (Fsp3) is 0.385. The predicted octanol–water partition coefficient (Wildman–Crippen LogP) is 2.01. The molecule has 5 heteroatoms. The molecule has 0 aliphatic carbocycles. The molecular formula is C13H16N4S. The summed E-state index contributed by atoms with van der Waals surface area (Å²) in [6.07, 6.45) is 2.89. The fourth-order valence-electron chi connectivity index (χ4n) is 2.17. The van der Waals surface area contributed by atoms with E-state index < -0.39 is 0 Å². The van der Waals surface area contributed by atoms with Gasteiger partial charge in [-0.15, -0.1) is 11.8 Å². The van der Waals surface area contributed by atoms with Crippen LogP contribution in [0.25, 0.3) is 0 Å². The smallest absolute Gasteiger partial charge is 0.166 e. The van der Waals surface area contributed by atoms with Crippen LogP contribution < -0.4 is 5.73 Å². The van der Waals surface area contributed by atoms with Crippen molar-refractivity contribution < 1.29 is 0 Å². The number of aromatic nitrogens is 3. The molecule has 0 saturated heterocycles. The number of hydrogen-bond donors (Lipinski definition) is 1. The van der Waals surface area contributed by atoms with Crippen molar-refractivity contribution in [2.45, 2.75) is 36.1 Å². The minimum Gasteiger partial charge on any atom is -0.321 e. The zero-order chi connectivity index (χ0) is 12.5. The molecule has 94 valence electrons. The highest BCUT2D eigenvalue weighted by molar-refractivity contribution is 8.00. The number of benzene rings is 1. The average Bonchev–Trinajstić information content (AvgIpc) is 2.94. The SMILES string of the molecule is CC(N)c1ncn(CC2Cc3ccccc3S2)n1. The Kier molecular flexibility index (Phi) is 3.09. The van der Waals surface area contributed by atoms with E-state index in [0.717, 1.165) is 18.8 Å². The number of thioether (sulfide) groups is 1. The van der Waals surface area contributed by atoms with E-state index in [4.69, 9.17) is 5.73 Å². The lowest BCUT2D eigenvalue weighted by Crippen LogP contribution is -2.14. The Morgan fingerprint density at radius 1 is 1.50 bits per heavy atom. The highest BCUT2D eigenvalue weighted by Gasteiger charge is 2.22. The summed E-state index contributed by atoms with van der Waals surface area (Å²) in [5, 5.41) is 4.95. The molecule has 1 aliphatic rings. The van der Waals surface area contributed by atoms with E-state index in [9.17, 15) is 0 Å². The first-order valence-corrected chi connectivity index (χ1v) is 7.00. The summed E-state index contributed by atoms with van der Waals surface area (Å²) in [4.78, 5) is 5.62. The highest BCUT2D eigenvalue weighted by Crippen LogP contribution is 2.37. The van der Waals surface area contributed by atoms with Crippen LogP contribution in [0.1, 0.15) is 24.4 Å². The van der Waals surface area contributed by atoms with E-state index in [-0.39, 0.29) is 6.04 Å². The number of fused-ring (bicyclic) bond motifs is 1. The third-order valence-electron chi connectivity index (χ3n) is 3.07. The standard InChI is InChI=1S/C13H16N4S/c1-9(14)13-15-8-17(16-13)7-11-6-10-4-2-3-5-12(10)18-11/h2-5,8-9,11H,6-7,14H2,1H3. The molecule has 18 heavy (non-hydrogen) atoms. The lowest BCUT2D eigenvalue weighted by molar-refractivity contribution is 0.579. The monoisotopic (exact) mass is 260 g/mol. The maximum absolute atomic E-state index is 5.76. The molecule has 0 radical (unpaired) electrons. The number of hydrogen-bond acceptors (Lipinski definition) is 4. The van der Waals surface area contributed by atoms with E-state index in [1.54, 1.807) is 6.33 Å². The van der Waals surface area contributed by atoms with Gasteiger partial charge in [-0.1, -0.05) is 18.2 Å². The minimum absolute atomic E-state index is 0.0975. The van der Waals surface area contributed by atoms with Gasteiger partial charge in [-0.05, 0) is 25.0 Å². The second-order valence-electron chi connectivity index (χ2n) is 4.67. The Balaban J connectivity index is 1.68. The van der Waals surface area contributed by atoms with Gasteiger partial charge in [0.15, 0.2) is 5.82 Å². The molecule has 3 rings (SSSR count). The third kappa shape index (κ3) is 2.28. The summed E-state index contributed by atoms with van der Waals surface area (Å²) in [5.74, 6) is 0.718. The van der Waals surface area contributed by atoms with Crippen molar-refractivity contribution in [1.29, 1.82) is 0 Å². The Bertz CT molecular complexity index is 524. The van der Waals surface area contributed by atoms with Crippen molar-refractivity contribution in [2.24, 2.45) is 5.73 Å². The highest BCUT2D eigenvalue weighted by atomic mass is 32.2. The molecule has 0 saturated carbocycles. The second-order valence-corrected chi connectivity index (χ2v) is 6.01. The molecule has 0 bridgehead atoms. The summed E-state index contributed by atoms with van der Waals surface area (Å²) < 4.78 is 1.90. The van der Waals surface area contributed by atoms with E-state index in [1.807, 2.05) is 23.4 Å². The molecule has 0 amide bonds. The molecule has 2 atom stereocenters. The zero-order valence-corrected chi connectivity index (χ0v) is 11.1. The predicted molar refractivity (Wildman–Crippen MR) is 72.4 cm³/mol. The van der Waals surface area contributed by atoms with Gasteiger partial charge in [-0.2, -0.15) is 5.10 Å². The van der Waals surface area contributed by atoms with Crippen LogP contribution in [0.5, 0.6) is 0 Å². The van der Waals surface area contributed by atoms with Crippen LogP contribution in [-0.2, 0) is 13.0 Å². The summed E-state index contributed by atoms with van der Waals surface area (Å²) in [6, 6.07) is 8.49. The average molecular weight is 260 g/mol. The molecule has 1 aliphatic heterocycles. The summed E-state index contributed by atoms with van der Waals surface area (Å²) in [5.41, 5.74) is 7.21. The molecule has 0 fully saturated rings. The summed E-state index contributed by atoms with van der Waals surface area (Å²) in [7, 11) is 0. The van der Waals surface area contributed by atoms with E-state index in [0.29, 0.717) is 5.25 Å². The van der Waals surface area contributed by atoms with Crippen LogP contribution in [0, 0.1) is 0 Å². The van der Waals surface area contributed by atoms with E-state index >= 15 is 0 Å². The Hall–Kier alpha value is -1.33. The number of nitrogens with zero attached hydrogens (tertiary/aromatic N) is 3. The Morgan fingerprint density at radius 2 is 2.33 bits per heavy atom. The number of nitrogens with two attached hydrogens (primary N) is 1. The van der Waals surface area contributed by atoms with Crippen molar-refractivity contribution in [3.8, 4) is 0 Å². The first-order chi connectivity index (χ1) is 8.72. The topological polar surface area (TPSA) is 56.7 Å². The molecule has 1 aromatic carbocycles. The van der Waals surface area contributed by atoms with Crippen LogP contribution in [0.3, 0.4) is 0 Å². The van der Waals surface area contributed by atoms with Crippen LogP contribution >= 0.6 is 11.8 Å². The van der Waals surface area contributed by atoms with E-state index in [1.165, 1.54) is 10.5 Å². The van der Waals surface area contributed by atoms with Gasteiger partial charge in [0.05, 0.1) is 12.6 Å². The lowest BCUT2D eigenvalue weighted by atomic mass is 10.1. The molecular weight excluding hydrogens is 244 g/mol. The summed E-state index contributed by atoms with van der Waals surface area (Å²) in [6.45, 7) is 2.79. The quantitative estimate of drug-likeness (QED) is 0.917. The minimum atomic E-state index is -0.0975. The maximum Gasteiger partial charge on any atom is 0.166 e. The van der Waals surface area contributed by atoms with Crippen molar-refractivity contribution in [3.63, 3.8) is 0 Å². The molecule has 4 nitrogen and oxygen atoms in total. The molecule has 2 aromatic rings. The van der Waals surface area contributed by atoms with Gasteiger partial charge in [0.25, 0.3) is 0 Å². The molecule has 2 N–H and O–H groups in total. The van der Waals surface area contributed by atoms with Gasteiger partial charge >= 0.3 is 0 Å². The van der Waals surface area contributed by atoms with Crippen molar-refractivity contribution in [3.05, 3.63) is 42.0 Å². The van der Waals surface area contributed by atoms with Gasteiger partial charge in [-0.25, -0.2) is 4.98 Å². The molecule has 2 unspecified atom stereocenters. The van der Waals surface area contributed by atoms with Crippen molar-refractivity contribution in [2.75, 3.05) is 0 Å². The van der Waals surface area contributed by atoms with Crippen LogP contribution in [0.2, 0.25) is 0 Å². The second kappa shape index (κ2) is 4.74. The largest absolute Gasteiger partial charge is 0.321 e. The van der Waals surface area contributed by atoms with Crippen molar-refractivity contribution >= 4 is 11.8 Å². The number of rotatable bonds is 3. The van der Waals surface area contributed by atoms with Crippen LogP contribution in [0.15, 0.2) is 35.5 Å². The van der Waals surface area contributed by atoms with Crippen molar-refractivity contribution in [1.82, 2.24) is 14.8 Å². The first kappa shape index (κ1) is 11.7. The zero-order valence-electron chi connectivity index (χ0n) is 10.3. The van der Waals surface area contributed by atoms with Gasteiger partial charge in [0, 0.05) is 10.1 Å². The van der Waals surface area contributed by atoms with Gasteiger partial charge < -0.3 is 5.73 Å². The molecule has 0 spiro atoms. The normalized spacial score (nSPS) is 19.8.